The second kappa shape index (κ2) is 17.8. The van der Waals surface area contributed by atoms with Crippen molar-refractivity contribution in [1.82, 2.24) is 0 Å². The lowest BCUT2D eigenvalue weighted by atomic mass is 9.91. The summed E-state index contributed by atoms with van der Waals surface area (Å²) in [5, 5.41) is 15.6. The molecule has 0 saturated carbocycles. The lowest BCUT2D eigenvalue weighted by molar-refractivity contribution is 1.40. The topological polar surface area (TPSA) is 0 Å². The van der Waals surface area contributed by atoms with Crippen LogP contribution in [-0.4, -0.2) is 0 Å². The van der Waals surface area contributed by atoms with Crippen molar-refractivity contribution in [2.45, 2.75) is 6.42 Å². The molecule has 0 amide bonds. The first-order valence-corrected chi connectivity index (χ1v) is 25.4. The van der Waals surface area contributed by atoms with Gasteiger partial charge in [0, 0.05) is 0 Å². The molecule has 0 heterocycles. The largest absolute Gasteiger partial charge is 0.0801 e. The average Bonchev–Trinajstić information content (AvgIpc) is 3.74. The lowest BCUT2D eigenvalue weighted by Gasteiger charge is -2.13. The molecule has 0 atom stereocenters. The maximum absolute atomic E-state index is 2.38. The van der Waals surface area contributed by atoms with Gasteiger partial charge in [-0.25, -0.2) is 0 Å². The van der Waals surface area contributed by atoms with Crippen LogP contribution < -0.4 is 0 Å². The maximum atomic E-state index is 2.38. The number of benzene rings is 13. The summed E-state index contributed by atoms with van der Waals surface area (Å²) in [6.07, 6.45) is 10.1. The van der Waals surface area contributed by atoms with Crippen molar-refractivity contribution in [2.24, 2.45) is 0 Å². The van der Waals surface area contributed by atoms with Crippen LogP contribution in [0.25, 0.3) is 131 Å². The van der Waals surface area contributed by atoms with Crippen LogP contribution in [0.2, 0.25) is 0 Å². The quantitative estimate of drug-likeness (QED) is 0.140. The average molecular weight is 925 g/mol. The van der Waals surface area contributed by atoms with E-state index >= 15 is 0 Å². The molecule has 14 rings (SSSR count). The number of hydrogen-bond acceptors (Lipinski definition) is 0. The zero-order chi connectivity index (χ0) is 48.2. The van der Waals surface area contributed by atoms with E-state index in [4.69, 9.17) is 0 Å². The third kappa shape index (κ3) is 7.64. The molecule has 0 fully saturated rings. The van der Waals surface area contributed by atoms with E-state index in [9.17, 15) is 0 Å². The fourth-order valence-corrected chi connectivity index (χ4v) is 11.6. The third-order valence-electron chi connectivity index (χ3n) is 15.3. The van der Waals surface area contributed by atoms with E-state index < -0.39 is 0 Å². The predicted octanol–water partition coefficient (Wildman–Crippen LogP) is 20.4. The molecule has 1 aliphatic rings. The maximum Gasteiger partial charge on any atom is -0.00928 e. The van der Waals surface area contributed by atoms with Crippen LogP contribution in [0.15, 0.2) is 279 Å². The molecule has 0 heteroatoms. The molecule has 0 aliphatic heterocycles. The molecule has 0 unspecified atom stereocenters. The van der Waals surface area contributed by atoms with Crippen molar-refractivity contribution >= 4 is 75.8 Å². The Balaban J connectivity index is 0.708. The van der Waals surface area contributed by atoms with E-state index in [1.165, 1.54) is 143 Å². The van der Waals surface area contributed by atoms with Gasteiger partial charge in [-0.1, -0.05) is 243 Å². The fourth-order valence-electron chi connectivity index (χ4n) is 11.6. The monoisotopic (exact) mass is 924 g/mol. The highest BCUT2D eigenvalue weighted by atomic mass is 14.2. The molecule has 13 aromatic rings. The van der Waals surface area contributed by atoms with Crippen LogP contribution in [0.4, 0.5) is 0 Å². The van der Waals surface area contributed by atoms with Gasteiger partial charge in [-0.05, 0) is 185 Å². The molecule has 73 heavy (non-hydrogen) atoms. The number of fused-ring (bicyclic) bond motifs is 12. The van der Waals surface area contributed by atoms with Gasteiger partial charge in [-0.15, -0.1) is 0 Å². The number of rotatable bonds is 7. The highest BCUT2D eigenvalue weighted by Gasteiger charge is 2.14. The van der Waals surface area contributed by atoms with Gasteiger partial charge in [0.25, 0.3) is 0 Å². The minimum atomic E-state index is 0.881. The number of allylic oxidation sites excluding steroid dienone is 6. The zero-order valence-electron chi connectivity index (χ0n) is 40.3. The molecule has 0 bridgehead atoms. The van der Waals surface area contributed by atoms with Crippen molar-refractivity contribution < 1.29 is 0 Å². The Labute approximate surface area is 425 Å². The molecular formula is C73H48. The van der Waals surface area contributed by atoms with E-state index in [1.807, 2.05) is 0 Å². The van der Waals surface area contributed by atoms with Crippen LogP contribution >= 0.6 is 0 Å². The van der Waals surface area contributed by atoms with Gasteiger partial charge in [-0.3, -0.25) is 0 Å². The fraction of sp³-hybridized carbons (Fsp3) is 0.0137. The van der Waals surface area contributed by atoms with E-state index in [0.717, 1.165) is 6.42 Å². The second-order valence-electron chi connectivity index (χ2n) is 19.5. The molecule has 0 aromatic heterocycles. The first kappa shape index (κ1) is 42.5. The Morgan fingerprint density at radius 3 is 0.877 bits per heavy atom. The molecular weight excluding hydrogens is 877 g/mol. The Bertz CT molecular complexity index is 4360. The minimum absolute atomic E-state index is 0.881. The van der Waals surface area contributed by atoms with Gasteiger partial charge in [0.15, 0.2) is 0 Å². The molecule has 0 radical (unpaired) electrons. The molecule has 13 aromatic carbocycles. The standard InChI is InChI=1S/C73H48/c1-2-15-56(42-52(14-1)48-30-32-50(33-31-48)54-17-12-20-58(44-54)60-38-40-70-66-26-5-3-22-62(66)64-24-7-9-28-68(64)72(70)46-60)57-19-11-16-53(43-57)49-34-36-51(37-35-49)55-18-13-21-59(45-55)61-39-41-71-67-27-6-4-23-63(67)65-25-8-10-29-69(65)73(71)47-61/h1,3-47H,2H2. The first-order chi connectivity index (χ1) is 36.2. The third-order valence-corrected chi connectivity index (χ3v) is 15.3. The van der Waals surface area contributed by atoms with Gasteiger partial charge in [0.05, 0.1) is 0 Å². The summed E-state index contributed by atoms with van der Waals surface area (Å²) in [7, 11) is 0. The van der Waals surface area contributed by atoms with E-state index in [-0.39, 0.29) is 0 Å². The molecule has 0 N–H and O–H groups in total. The van der Waals surface area contributed by atoms with Crippen molar-refractivity contribution in [2.75, 3.05) is 0 Å². The van der Waals surface area contributed by atoms with Gasteiger partial charge in [0.2, 0.25) is 0 Å². The smallest absolute Gasteiger partial charge is 0.00928 e. The Morgan fingerprint density at radius 1 is 0.192 bits per heavy atom. The number of hydrogen-bond donors (Lipinski definition) is 0. The lowest BCUT2D eigenvalue weighted by Crippen LogP contribution is -1.88. The molecule has 0 saturated heterocycles. The molecule has 0 spiro atoms. The van der Waals surface area contributed by atoms with Crippen molar-refractivity contribution in [3.63, 3.8) is 0 Å². The van der Waals surface area contributed by atoms with Gasteiger partial charge in [0.1, 0.15) is 0 Å². The predicted molar refractivity (Wildman–Crippen MR) is 315 cm³/mol. The van der Waals surface area contributed by atoms with E-state index in [0.29, 0.717) is 0 Å². The van der Waals surface area contributed by atoms with Crippen molar-refractivity contribution in [3.05, 3.63) is 290 Å². The Morgan fingerprint density at radius 2 is 0.479 bits per heavy atom. The van der Waals surface area contributed by atoms with Crippen molar-refractivity contribution in [1.29, 1.82) is 0 Å². The first-order valence-electron chi connectivity index (χ1n) is 25.4. The molecule has 0 nitrogen and oxygen atoms in total. The highest BCUT2D eigenvalue weighted by Crippen LogP contribution is 2.40. The van der Waals surface area contributed by atoms with E-state index in [1.54, 1.807) is 0 Å². The zero-order valence-corrected chi connectivity index (χ0v) is 40.3. The Hall–Kier alpha value is -9.36. The summed E-state index contributed by atoms with van der Waals surface area (Å²) in [4.78, 5) is 0. The van der Waals surface area contributed by atoms with E-state index in [2.05, 4.69) is 279 Å². The summed E-state index contributed by atoms with van der Waals surface area (Å²) in [5.74, 6) is 0. The van der Waals surface area contributed by atoms with Gasteiger partial charge >= 0.3 is 0 Å². The molecule has 1 aliphatic carbocycles. The van der Waals surface area contributed by atoms with Gasteiger partial charge < -0.3 is 0 Å². The minimum Gasteiger partial charge on any atom is -0.0801 e. The van der Waals surface area contributed by atoms with Crippen LogP contribution in [-0.2, 0) is 0 Å². The Kier molecular flexibility index (Phi) is 10.4. The van der Waals surface area contributed by atoms with Crippen LogP contribution in [0.3, 0.4) is 0 Å². The summed E-state index contributed by atoms with van der Waals surface area (Å²) in [5.41, 5.74) is 17.0. The summed E-state index contributed by atoms with van der Waals surface area (Å²) >= 11 is 0. The summed E-state index contributed by atoms with van der Waals surface area (Å²) in [6.45, 7) is 0. The summed E-state index contributed by atoms with van der Waals surface area (Å²) < 4.78 is 0. The summed E-state index contributed by atoms with van der Waals surface area (Å²) in [6, 6.07) is 94.2. The second-order valence-corrected chi connectivity index (χ2v) is 19.5. The van der Waals surface area contributed by atoms with Crippen molar-refractivity contribution in [3.8, 4) is 55.6 Å². The van der Waals surface area contributed by atoms with Crippen LogP contribution in [0.1, 0.15) is 17.5 Å². The highest BCUT2D eigenvalue weighted by molar-refractivity contribution is 6.27. The SMILES string of the molecule is C1=CC(c2ccc(-c3cccc(-c4ccc5c6ccccc6c6ccccc6c5c4)c3)cc2)=CC(c2cccc(-c3ccc(-c4cccc(-c5ccc6c7ccccc7c7ccccc7c6c5)c4)cc3)c2)=CC1. The van der Waals surface area contributed by atoms with Crippen LogP contribution in [0.5, 0.6) is 0 Å². The van der Waals surface area contributed by atoms with Gasteiger partial charge in [-0.2, -0.15) is 0 Å². The molecule has 340 valence electrons. The normalized spacial score (nSPS) is 12.7. The van der Waals surface area contributed by atoms with Crippen LogP contribution in [0, 0.1) is 0 Å².